The van der Waals surface area contributed by atoms with Gasteiger partial charge in [-0.1, -0.05) is 12.1 Å². The molecule has 0 unspecified atom stereocenters. The predicted molar refractivity (Wildman–Crippen MR) is 90.8 cm³/mol. The summed E-state index contributed by atoms with van der Waals surface area (Å²) in [7, 11) is -3.69. The van der Waals surface area contributed by atoms with Gasteiger partial charge in [-0.15, -0.1) is 0 Å². The lowest BCUT2D eigenvalue weighted by Gasteiger charge is -2.13. The van der Waals surface area contributed by atoms with Crippen LogP contribution in [0.3, 0.4) is 0 Å². The van der Waals surface area contributed by atoms with Crippen LogP contribution in [0.5, 0.6) is 5.75 Å². The van der Waals surface area contributed by atoms with Gasteiger partial charge in [0, 0.05) is 3.57 Å². The third-order valence-electron chi connectivity index (χ3n) is 3.06. The molecule has 0 heterocycles. The van der Waals surface area contributed by atoms with E-state index in [-0.39, 0.29) is 4.90 Å². The van der Waals surface area contributed by atoms with Gasteiger partial charge in [-0.2, -0.15) is 0 Å². The molecule has 0 aliphatic carbocycles. The van der Waals surface area contributed by atoms with Crippen molar-refractivity contribution in [3.8, 4) is 5.75 Å². The molecule has 0 bridgehead atoms. The maximum atomic E-state index is 11.4. The Morgan fingerprint density at radius 2 is 1.62 bits per heavy atom. The lowest BCUT2D eigenvalue weighted by Crippen LogP contribution is -2.13. The van der Waals surface area contributed by atoms with Crippen molar-refractivity contribution >= 4 is 32.6 Å². The van der Waals surface area contributed by atoms with E-state index >= 15 is 0 Å². The lowest BCUT2D eigenvalue weighted by atomic mass is 10.1. The van der Waals surface area contributed by atoms with Gasteiger partial charge in [0.1, 0.15) is 12.4 Å². The molecule has 0 atom stereocenters. The van der Waals surface area contributed by atoms with Gasteiger partial charge in [-0.05, 0) is 77.4 Å². The van der Waals surface area contributed by atoms with E-state index in [1.54, 1.807) is 0 Å². The fraction of sp³-hybridized carbons (Fsp3) is 0.200. The average molecular weight is 417 g/mol. The summed E-state index contributed by atoms with van der Waals surface area (Å²) in [6, 6.07) is 11.1. The first kappa shape index (κ1) is 16.3. The summed E-state index contributed by atoms with van der Waals surface area (Å²) in [6.45, 7) is 4.06. The maximum Gasteiger partial charge on any atom is 0.238 e. The second kappa shape index (κ2) is 6.33. The van der Waals surface area contributed by atoms with E-state index < -0.39 is 10.0 Å². The number of sulfonamides is 1. The predicted octanol–water partition coefficient (Wildman–Crippen LogP) is 3.13. The van der Waals surface area contributed by atoms with Gasteiger partial charge in [-0.25, -0.2) is 13.6 Å². The zero-order valence-corrected chi connectivity index (χ0v) is 14.7. The molecule has 4 nitrogen and oxygen atoms in total. The molecule has 0 fully saturated rings. The number of rotatable bonds is 4. The smallest absolute Gasteiger partial charge is 0.238 e. The van der Waals surface area contributed by atoms with E-state index in [4.69, 9.17) is 9.88 Å². The molecule has 6 heteroatoms. The van der Waals surface area contributed by atoms with Gasteiger partial charge in [0.05, 0.1) is 4.90 Å². The van der Waals surface area contributed by atoms with Crippen molar-refractivity contribution in [2.75, 3.05) is 0 Å². The Kier molecular flexibility index (Phi) is 4.90. The number of halogens is 1. The SMILES string of the molecule is Cc1cc(S(N)(=O)=O)cc(C)c1OCc1ccc(I)cc1. The fourth-order valence-electron chi connectivity index (χ4n) is 2.04. The van der Waals surface area contributed by atoms with Crippen molar-refractivity contribution in [3.05, 3.63) is 56.7 Å². The molecular weight excluding hydrogens is 401 g/mol. The van der Waals surface area contributed by atoms with Crippen LogP contribution in [0, 0.1) is 17.4 Å². The molecule has 0 amide bonds. The summed E-state index contributed by atoms with van der Waals surface area (Å²) in [6.07, 6.45) is 0. The van der Waals surface area contributed by atoms with E-state index in [1.165, 1.54) is 15.7 Å². The van der Waals surface area contributed by atoms with Crippen molar-refractivity contribution in [1.29, 1.82) is 0 Å². The van der Waals surface area contributed by atoms with Crippen LogP contribution in [0.15, 0.2) is 41.3 Å². The monoisotopic (exact) mass is 417 g/mol. The van der Waals surface area contributed by atoms with Crippen LogP contribution in [0.4, 0.5) is 0 Å². The first-order valence-corrected chi connectivity index (χ1v) is 8.91. The minimum atomic E-state index is -3.69. The highest BCUT2D eigenvalue weighted by Gasteiger charge is 2.13. The summed E-state index contributed by atoms with van der Waals surface area (Å²) >= 11 is 2.25. The van der Waals surface area contributed by atoms with E-state index in [2.05, 4.69) is 22.6 Å². The Morgan fingerprint density at radius 3 is 2.10 bits per heavy atom. The number of hydrogen-bond donors (Lipinski definition) is 1. The highest BCUT2D eigenvalue weighted by molar-refractivity contribution is 14.1. The summed E-state index contributed by atoms with van der Waals surface area (Å²) in [4.78, 5) is 0.110. The molecule has 2 aromatic carbocycles. The first-order valence-electron chi connectivity index (χ1n) is 6.28. The number of aryl methyl sites for hydroxylation is 2. The third-order valence-corrected chi connectivity index (χ3v) is 4.67. The zero-order chi connectivity index (χ0) is 15.6. The minimum Gasteiger partial charge on any atom is -0.488 e. The van der Waals surface area contributed by atoms with Crippen molar-refractivity contribution in [3.63, 3.8) is 0 Å². The second-order valence-corrected chi connectivity index (χ2v) is 7.65. The van der Waals surface area contributed by atoms with Crippen LogP contribution in [0.1, 0.15) is 16.7 Å². The van der Waals surface area contributed by atoms with E-state index in [0.29, 0.717) is 12.4 Å². The summed E-state index contributed by atoms with van der Waals surface area (Å²) in [5.74, 6) is 0.695. The van der Waals surface area contributed by atoms with Crippen LogP contribution < -0.4 is 9.88 Å². The third kappa shape index (κ3) is 4.18. The number of ether oxygens (including phenoxy) is 1. The van der Waals surface area contributed by atoms with E-state index in [1.807, 2.05) is 38.1 Å². The number of nitrogens with two attached hydrogens (primary N) is 1. The summed E-state index contributed by atoms with van der Waals surface area (Å²) < 4.78 is 29.8. The van der Waals surface area contributed by atoms with Crippen LogP contribution in [-0.2, 0) is 16.6 Å². The molecule has 2 aromatic rings. The molecule has 2 N–H and O–H groups in total. The first-order chi connectivity index (χ1) is 9.77. The standard InChI is InChI=1S/C15H16INO3S/c1-10-7-14(21(17,18)19)8-11(2)15(10)20-9-12-3-5-13(16)6-4-12/h3-8H,9H2,1-2H3,(H2,17,18,19). The number of benzene rings is 2. The molecule has 112 valence electrons. The van der Waals surface area contributed by atoms with Crippen molar-refractivity contribution in [2.24, 2.45) is 5.14 Å². The van der Waals surface area contributed by atoms with Gasteiger partial charge >= 0.3 is 0 Å². The topological polar surface area (TPSA) is 69.4 Å². The molecule has 21 heavy (non-hydrogen) atoms. The Labute approximate surface area is 138 Å². The molecule has 0 aliphatic rings. The number of hydrogen-bond acceptors (Lipinski definition) is 3. The Morgan fingerprint density at radius 1 is 1.10 bits per heavy atom. The van der Waals surface area contributed by atoms with Gasteiger partial charge in [0.15, 0.2) is 0 Å². The van der Waals surface area contributed by atoms with Crippen LogP contribution in [-0.4, -0.2) is 8.42 Å². The molecule has 0 aromatic heterocycles. The van der Waals surface area contributed by atoms with E-state index in [0.717, 1.165) is 16.7 Å². The lowest BCUT2D eigenvalue weighted by molar-refractivity contribution is 0.301. The molecule has 0 spiro atoms. The van der Waals surface area contributed by atoms with E-state index in [9.17, 15) is 8.42 Å². The van der Waals surface area contributed by atoms with Gasteiger partial charge in [0.25, 0.3) is 0 Å². The summed E-state index contributed by atoms with van der Waals surface area (Å²) in [5.41, 5.74) is 2.57. The zero-order valence-electron chi connectivity index (χ0n) is 11.8. The molecule has 2 rings (SSSR count). The highest BCUT2D eigenvalue weighted by atomic mass is 127. The van der Waals surface area contributed by atoms with Crippen LogP contribution in [0.25, 0.3) is 0 Å². The molecule has 0 radical (unpaired) electrons. The Hall–Kier alpha value is -1.12. The van der Waals surface area contributed by atoms with Gasteiger partial charge < -0.3 is 4.74 Å². The molecular formula is C15H16INO3S. The molecule has 0 saturated carbocycles. The highest BCUT2D eigenvalue weighted by Crippen LogP contribution is 2.27. The van der Waals surface area contributed by atoms with Crippen LogP contribution in [0.2, 0.25) is 0 Å². The minimum absolute atomic E-state index is 0.110. The van der Waals surface area contributed by atoms with Crippen LogP contribution >= 0.6 is 22.6 Å². The summed E-state index contributed by atoms with van der Waals surface area (Å²) in [5, 5.41) is 5.15. The Balaban J connectivity index is 2.23. The second-order valence-electron chi connectivity index (χ2n) is 4.85. The van der Waals surface area contributed by atoms with Crippen molar-refractivity contribution in [1.82, 2.24) is 0 Å². The van der Waals surface area contributed by atoms with Gasteiger partial charge in [0.2, 0.25) is 10.0 Å². The number of primary sulfonamides is 1. The average Bonchev–Trinajstić information content (AvgIpc) is 2.38. The quantitative estimate of drug-likeness (QED) is 0.778. The largest absolute Gasteiger partial charge is 0.488 e. The van der Waals surface area contributed by atoms with Crippen molar-refractivity contribution < 1.29 is 13.2 Å². The fourth-order valence-corrected chi connectivity index (χ4v) is 3.08. The maximum absolute atomic E-state index is 11.4. The van der Waals surface area contributed by atoms with Gasteiger partial charge in [-0.3, -0.25) is 0 Å². The normalized spacial score (nSPS) is 11.4. The Bertz CT molecular complexity index is 732. The molecule has 0 aliphatic heterocycles. The molecule has 0 saturated heterocycles. The van der Waals surface area contributed by atoms with Crippen molar-refractivity contribution in [2.45, 2.75) is 25.3 Å².